The van der Waals surface area contributed by atoms with Crippen LogP contribution < -0.4 is 10.6 Å². The van der Waals surface area contributed by atoms with Crippen LogP contribution in [0.1, 0.15) is 10.4 Å². The van der Waals surface area contributed by atoms with Crippen molar-refractivity contribution in [3.8, 4) is 0 Å². The van der Waals surface area contributed by atoms with Crippen LogP contribution in [0.5, 0.6) is 0 Å². The topological polar surface area (TPSA) is 101 Å². The number of hydrogen-bond donors (Lipinski definition) is 2. The average molecular weight is 476 g/mol. The Morgan fingerprint density at radius 2 is 1.61 bits per heavy atom. The highest BCUT2D eigenvalue weighted by Gasteiger charge is 2.11. The van der Waals surface area contributed by atoms with Crippen molar-refractivity contribution in [2.24, 2.45) is 0 Å². The molecule has 0 heterocycles. The minimum atomic E-state index is -0.526. The van der Waals surface area contributed by atoms with Crippen molar-refractivity contribution >= 4 is 63.8 Å². The molecule has 0 aliphatic heterocycles. The first kappa shape index (κ1) is 22.6. The highest BCUT2D eigenvalue weighted by atomic mass is 35.5. The van der Waals surface area contributed by atoms with Crippen molar-refractivity contribution in [1.29, 1.82) is 0 Å². The second-order valence-corrected chi connectivity index (χ2v) is 8.14. The summed E-state index contributed by atoms with van der Waals surface area (Å²) >= 11 is 13.3. The first-order valence-electron chi connectivity index (χ1n) is 8.85. The van der Waals surface area contributed by atoms with E-state index in [1.165, 1.54) is 36.0 Å². The normalized spacial score (nSPS) is 10.4. The zero-order valence-corrected chi connectivity index (χ0v) is 18.1. The van der Waals surface area contributed by atoms with Crippen molar-refractivity contribution in [2.75, 3.05) is 16.4 Å². The Hall–Kier alpha value is -3.07. The van der Waals surface area contributed by atoms with Gasteiger partial charge >= 0.3 is 0 Å². The van der Waals surface area contributed by atoms with Gasteiger partial charge in [-0.2, -0.15) is 0 Å². The fourth-order valence-corrected chi connectivity index (χ4v) is 3.54. The lowest BCUT2D eigenvalue weighted by Crippen LogP contribution is -2.14. The van der Waals surface area contributed by atoms with Gasteiger partial charge in [0.25, 0.3) is 11.6 Å². The van der Waals surface area contributed by atoms with E-state index in [0.29, 0.717) is 27.0 Å². The van der Waals surface area contributed by atoms with Gasteiger partial charge < -0.3 is 10.6 Å². The van der Waals surface area contributed by atoms with Crippen LogP contribution in [0.4, 0.5) is 17.1 Å². The number of anilines is 2. The quantitative estimate of drug-likeness (QED) is 0.252. The van der Waals surface area contributed by atoms with E-state index in [4.69, 9.17) is 23.2 Å². The van der Waals surface area contributed by atoms with Gasteiger partial charge in [-0.1, -0.05) is 23.2 Å². The SMILES string of the molecule is O=C(CSc1ccc(NC(=O)c2ccc([N+](=O)[O-])cc2)cc1)Nc1cc(Cl)ccc1Cl. The van der Waals surface area contributed by atoms with Crippen molar-refractivity contribution in [2.45, 2.75) is 4.90 Å². The monoisotopic (exact) mass is 475 g/mol. The van der Waals surface area contributed by atoms with Gasteiger partial charge in [-0.05, 0) is 54.6 Å². The number of carbonyl (C=O) groups is 2. The molecular weight excluding hydrogens is 461 g/mol. The van der Waals surface area contributed by atoms with Crippen LogP contribution in [-0.2, 0) is 4.79 Å². The summed E-state index contributed by atoms with van der Waals surface area (Å²) in [7, 11) is 0. The Bertz CT molecular complexity index is 1120. The number of nitrogens with one attached hydrogen (secondary N) is 2. The molecule has 0 atom stereocenters. The van der Waals surface area contributed by atoms with Crippen molar-refractivity contribution in [3.05, 3.63) is 92.5 Å². The van der Waals surface area contributed by atoms with Gasteiger partial charge in [0.05, 0.1) is 21.4 Å². The summed E-state index contributed by atoms with van der Waals surface area (Å²) < 4.78 is 0. The summed E-state index contributed by atoms with van der Waals surface area (Å²) in [6, 6.07) is 17.1. The highest BCUT2D eigenvalue weighted by molar-refractivity contribution is 8.00. The number of rotatable bonds is 7. The number of halogens is 2. The van der Waals surface area contributed by atoms with Crippen LogP contribution in [0.25, 0.3) is 0 Å². The first-order valence-corrected chi connectivity index (χ1v) is 10.6. The smallest absolute Gasteiger partial charge is 0.269 e. The van der Waals surface area contributed by atoms with Crippen molar-refractivity contribution in [1.82, 2.24) is 0 Å². The Labute approximate surface area is 191 Å². The van der Waals surface area contributed by atoms with E-state index in [1.807, 2.05) is 0 Å². The molecule has 0 fully saturated rings. The minimum absolute atomic E-state index is 0.0837. The molecule has 0 spiro atoms. The Morgan fingerprint density at radius 3 is 2.26 bits per heavy atom. The maximum absolute atomic E-state index is 12.3. The van der Waals surface area contributed by atoms with Crippen LogP contribution in [0.3, 0.4) is 0 Å². The molecule has 3 aromatic rings. The van der Waals surface area contributed by atoms with Crippen molar-refractivity contribution < 1.29 is 14.5 Å². The Kier molecular flexibility index (Phi) is 7.51. The summed E-state index contributed by atoms with van der Waals surface area (Å²) in [6.07, 6.45) is 0. The minimum Gasteiger partial charge on any atom is -0.324 e. The number of nitro benzene ring substituents is 1. The molecule has 3 rings (SSSR count). The summed E-state index contributed by atoms with van der Waals surface area (Å²) in [6.45, 7) is 0. The lowest BCUT2D eigenvalue weighted by molar-refractivity contribution is -0.384. The Balaban J connectivity index is 1.52. The fourth-order valence-electron chi connectivity index (χ4n) is 2.50. The van der Waals surface area contributed by atoms with Gasteiger partial charge in [0.2, 0.25) is 5.91 Å². The number of non-ortho nitro benzene ring substituents is 1. The lowest BCUT2D eigenvalue weighted by atomic mass is 10.2. The predicted octanol–water partition coefficient (Wildman–Crippen LogP) is 5.88. The number of nitro groups is 1. The number of nitrogens with zero attached hydrogens (tertiary/aromatic N) is 1. The van der Waals surface area contributed by atoms with Gasteiger partial charge in [0.1, 0.15) is 0 Å². The summed E-state index contributed by atoms with van der Waals surface area (Å²) in [5, 5.41) is 17.0. The Morgan fingerprint density at radius 1 is 0.935 bits per heavy atom. The average Bonchev–Trinajstić information content (AvgIpc) is 2.76. The molecule has 31 heavy (non-hydrogen) atoms. The third-order valence-electron chi connectivity index (χ3n) is 4.02. The molecule has 0 aliphatic carbocycles. The maximum atomic E-state index is 12.3. The van der Waals surface area contributed by atoms with Gasteiger partial charge in [0.15, 0.2) is 0 Å². The first-order chi connectivity index (χ1) is 14.8. The molecule has 0 saturated heterocycles. The van der Waals surface area contributed by atoms with Gasteiger partial charge in [0, 0.05) is 33.3 Å². The van der Waals surface area contributed by atoms with Crippen LogP contribution >= 0.6 is 35.0 Å². The molecule has 0 saturated carbocycles. The molecule has 10 heteroatoms. The highest BCUT2D eigenvalue weighted by Crippen LogP contribution is 2.26. The number of thioether (sulfide) groups is 1. The standard InChI is InChI=1S/C21H15Cl2N3O4S/c22-14-3-10-18(23)19(11-14)25-20(27)12-31-17-8-4-15(5-9-17)24-21(28)13-1-6-16(7-2-13)26(29)30/h1-11H,12H2,(H,24,28)(H,25,27). The molecule has 0 aromatic heterocycles. The third kappa shape index (κ3) is 6.45. The molecule has 158 valence electrons. The van der Waals surface area contributed by atoms with Crippen LogP contribution in [0.2, 0.25) is 10.0 Å². The largest absolute Gasteiger partial charge is 0.324 e. The molecule has 0 bridgehead atoms. The molecule has 0 aliphatic rings. The molecule has 2 N–H and O–H groups in total. The van der Waals surface area contributed by atoms with Crippen LogP contribution in [-0.4, -0.2) is 22.5 Å². The fraction of sp³-hybridized carbons (Fsp3) is 0.0476. The summed E-state index contributed by atoms with van der Waals surface area (Å²) in [4.78, 5) is 35.4. The number of carbonyl (C=O) groups excluding carboxylic acids is 2. The second-order valence-electron chi connectivity index (χ2n) is 6.24. The predicted molar refractivity (Wildman–Crippen MR) is 123 cm³/mol. The van der Waals surface area contributed by atoms with E-state index in [-0.39, 0.29) is 23.3 Å². The molecular formula is C21H15Cl2N3O4S. The zero-order chi connectivity index (χ0) is 22.4. The number of benzene rings is 3. The van der Waals surface area contributed by atoms with Crippen LogP contribution in [0, 0.1) is 10.1 Å². The van der Waals surface area contributed by atoms with E-state index in [2.05, 4.69) is 10.6 Å². The number of amides is 2. The third-order valence-corrected chi connectivity index (χ3v) is 5.60. The van der Waals surface area contributed by atoms with Gasteiger partial charge in [-0.15, -0.1) is 11.8 Å². The van der Waals surface area contributed by atoms with Crippen molar-refractivity contribution in [3.63, 3.8) is 0 Å². The molecule has 3 aromatic carbocycles. The van der Waals surface area contributed by atoms with E-state index in [0.717, 1.165) is 4.90 Å². The number of hydrogen-bond acceptors (Lipinski definition) is 5. The summed E-state index contributed by atoms with van der Waals surface area (Å²) in [5.41, 5.74) is 1.23. The second kappa shape index (κ2) is 10.3. The lowest BCUT2D eigenvalue weighted by Gasteiger charge is -2.08. The van der Waals surface area contributed by atoms with Gasteiger partial charge in [-0.3, -0.25) is 19.7 Å². The molecule has 7 nitrogen and oxygen atoms in total. The van der Waals surface area contributed by atoms with E-state index < -0.39 is 4.92 Å². The van der Waals surface area contributed by atoms with E-state index in [9.17, 15) is 19.7 Å². The zero-order valence-electron chi connectivity index (χ0n) is 15.8. The van der Waals surface area contributed by atoms with E-state index in [1.54, 1.807) is 42.5 Å². The van der Waals surface area contributed by atoms with E-state index >= 15 is 0 Å². The molecule has 0 unspecified atom stereocenters. The molecule has 0 radical (unpaired) electrons. The maximum Gasteiger partial charge on any atom is 0.269 e. The van der Waals surface area contributed by atoms with Crippen LogP contribution in [0.15, 0.2) is 71.6 Å². The molecule has 2 amide bonds. The summed E-state index contributed by atoms with van der Waals surface area (Å²) in [5.74, 6) is -0.449. The van der Waals surface area contributed by atoms with Gasteiger partial charge in [-0.25, -0.2) is 0 Å².